The van der Waals surface area contributed by atoms with Gasteiger partial charge in [0.2, 0.25) is 0 Å². The van der Waals surface area contributed by atoms with Gasteiger partial charge in [0.15, 0.2) is 0 Å². The molecule has 0 unspecified atom stereocenters. The molecule has 90 valence electrons. The first-order valence-electron chi connectivity index (χ1n) is 5.66. The summed E-state index contributed by atoms with van der Waals surface area (Å²) < 4.78 is 2.72. The molecule has 0 aliphatic carbocycles. The first kappa shape index (κ1) is 11.0. The van der Waals surface area contributed by atoms with Crippen LogP contribution < -0.4 is 11.3 Å². The van der Waals surface area contributed by atoms with Crippen LogP contribution in [0.1, 0.15) is 5.56 Å². The highest BCUT2D eigenvalue weighted by Gasteiger charge is 2.05. The van der Waals surface area contributed by atoms with E-state index in [1.807, 2.05) is 48.0 Å². The molecule has 0 spiro atoms. The summed E-state index contributed by atoms with van der Waals surface area (Å²) in [5.41, 5.74) is 7.62. The molecule has 0 aliphatic rings. The Balaban J connectivity index is 2.08. The van der Waals surface area contributed by atoms with Gasteiger partial charge in [-0.3, -0.25) is 4.79 Å². The van der Waals surface area contributed by atoms with Crippen LogP contribution in [0.4, 0.5) is 5.69 Å². The van der Waals surface area contributed by atoms with Gasteiger partial charge in [0.25, 0.3) is 5.56 Å². The van der Waals surface area contributed by atoms with Crippen LogP contribution in [0.3, 0.4) is 0 Å². The molecule has 2 heterocycles. The maximum Gasteiger partial charge on any atom is 0.259 e. The van der Waals surface area contributed by atoms with Crippen molar-refractivity contribution in [2.45, 2.75) is 6.54 Å². The SMILES string of the molecule is Nc1ccccc1Cn1ccc2sccc2c1=O. The molecule has 0 fully saturated rings. The molecule has 0 atom stereocenters. The fourth-order valence-corrected chi connectivity index (χ4v) is 2.77. The van der Waals surface area contributed by atoms with E-state index in [-0.39, 0.29) is 5.56 Å². The Kier molecular flexibility index (Phi) is 2.64. The van der Waals surface area contributed by atoms with E-state index in [1.54, 1.807) is 15.9 Å². The van der Waals surface area contributed by atoms with E-state index in [0.29, 0.717) is 6.54 Å². The number of rotatable bonds is 2. The fourth-order valence-electron chi connectivity index (χ4n) is 1.99. The molecule has 18 heavy (non-hydrogen) atoms. The Hall–Kier alpha value is -2.07. The number of anilines is 1. The van der Waals surface area contributed by atoms with E-state index in [9.17, 15) is 4.79 Å². The van der Waals surface area contributed by atoms with Crippen LogP contribution >= 0.6 is 11.3 Å². The van der Waals surface area contributed by atoms with Gasteiger partial charge in [0.1, 0.15) is 0 Å². The summed E-state index contributed by atoms with van der Waals surface area (Å²) in [4.78, 5) is 12.2. The van der Waals surface area contributed by atoms with Crippen LogP contribution in [0.15, 0.2) is 52.8 Å². The van der Waals surface area contributed by atoms with Gasteiger partial charge < -0.3 is 10.3 Å². The van der Waals surface area contributed by atoms with Crippen molar-refractivity contribution in [1.82, 2.24) is 4.57 Å². The molecule has 0 saturated carbocycles. The van der Waals surface area contributed by atoms with Gasteiger partial charge in [-0.15, -0.1) is 11.3 Å². The number of fused-ring (bicyclic) bond motifs is 1. The number of pyridine rings is 1. The third kappa shape index (κ3) is 1.80. The van der Waals surface area contributed by atoms with Crippen LogP contribution in [0.5, 0.6) is 0 Å². The number of nitrogens with two attached hydrogens (primary N) is 1. The summed E-state index contributed by atoms with van der Waals surface area (Å²) in [5.74, 6) is 0. The predicted molar refractivity (Wildman–Crippen MR) is 76.0 cm³/mol. The minimum absolute atomic E-state index is 0.0389. The zero-order chi connectivity index (χ0) is 12.5. The van der Waals surface area contributed by atoms with Gasteiger partial charge in [-0.1, -0.05) is 18.2 Å². The van der Waals surface area contributed by atoms with Crippen molar-refractivity contribution in [3.8, 4) is 0 Å². The van der Waals surface area contributed by atoms with Gasteiger partial charge in [-0.25, -0.2) is 0 Å². The average molecular weight is 256 g/mol. The van der Waals surface area contributed by atoms with Crippen molar-refractivity contribution in [3.05, 3.63) is 63.9 Å². The summed E-state index contributed by atoms with van der Waals surface area (Å²) in [7, 11) is 0. The Morgan fingerprint density at radius 3 is 2.83 bits per heavy atom. The molecule has 0 bridgehead atoms. The lowest BCUT2D eigenvalue weighted by atomic mass is 10.2. The van der Waals surface area contributed by atoms with Crippen LogP contribution in [0.2, 0.25) is 0 Å². The molecule has 1 aromatic carbocycles. The number of aromatic nitrogens is 1. The summed E-state index contributed by atoms with van der Waals surface area (Å²) in [6.07, 6.45) is 1.83. The van der Waals surface area contributed by atoms with Gasteiger partial charge in [0, 0.05) is 16.6 Å². The maximum atomic E-state index is 12.2. The Labute approximate surface area is 108 Å². The van der Waals surface area contributed by atoms with Crippen molar-refractivity contribution in [2.24, 2.45) is 0 Å². The van der Waals surface area contributed by atoms with E-state index >= 15 is 0 Å². The second kappa shape index (κ2) is 4.31. The lowest BCUT2D eigenvalue weighted by Crippen LogP contribution is -2.19. The molecule has 2 aromatic heterocycles. The van der Waals surface area contributed by atoms with Crippen LogP contribution in [-0.2, 0) is 6.54 Å². The highest BCUT2D eigenvalue weighted by atomic mass is 32.1. The summed E-state index contributed by atoms with van der Waals surface area (Å²) in [6.45, 7) is 0.511. The number of hydrogen-bond donors (Lipinski definition) is 1. The average Bonchev–Trinajstić information content (AvgIpc) is 2.84. The summed E-state index contributed by atoms with van der Waals surface area (Å²) >= 11 is 1.58. The molecule has 0 radical (unpaired) electrons. The first-order valence-corrected chi connectivity index (χ1v) is 6.54. The highest BCUT2D eigenvalue weighted by Crippen LogP contribution is 2.17. The monoisotopic (exact) mass is 256 g/mol. The number of hydrogen-bond acceptors (Lipinski definition) is 3. The minimum atomic E-state index is 0.0389. The number of benzene rings is 1. The molecule has 2 N–H and O–H groups in total. The Morgan fingerprint density at radius 1 is 1.17 bits per heavy atom. The Bertz CT molecular complexity index is 758. The quantitative estimate of drug-likeness (QED) is 0.717. The van der Waals surface area contributed by atoms with E-state index in [4.69, 9.17) is 5.73 Å². The number of para-hydroxylation sites is 1. The molecule has 3 rings (SSSR count). The zero-order valence-corrected chi connectivity index (χ0v) is 10.5. The molecule has 0 aliphatic heterocycles. The second-order valence-electron chi connectivity index (χ2n) is 4.15. The second-order valence-corrected chi connectivity index (χ2v) is 5.09. The first-order chi connectivity index (χ1) is 8.75. The molecule has 3 nitrogen and oxygen atoms in total. The minimum Gasteiger partial charge on any atom is -0.398 e. The molecular formula is C14H12N2OS. The number of nitrogens with zero attached hydrogens (tertiary/aromatic N) is 1. The third-order valence-electron chi connectivity index (χ3n) is 2.99. The van der Waals surface area contributed by atoms with E-state index in [1.165, 1.54) is 0 Å². The third-order valence-corrected chi connectivity index (χ3v) is 3.87. The van der Waals surface area contributed by atoms with Crippen LogP contribution in [0.25, 0.3) is 10.1 Å². The van der Waals surface area contributed by atoms with Crippen molar-refractivity contribution in [1.29, 1.82) is 0 Å². The van der Waals surface area contributed by atoms with Crippen molar-refractivity contribution < 1.29 is 0 Å². The smallest absolute Gasteiger partial charge is 0.259 e. The summed E-state index contributed by atoms with van der Waals surface area (Å²) in [5, 5.41) is 2.71. The molecule has 0 saturated heterocycles. The van der Waals surface area contributed by atoms with Gasteiger partial charge in [-0.2, -0.15) is 0 Å². The summed E-state index contributed by atoms with van der Waals surface area (Å²) in [6, 6.07) is 11.5. The lowest BCUT2D eigenvalue weighted by Gasteiger charge is -2.08. The van der Waals surface area contributed by atoms with Crippen LogP contribution in [0, 0.1) is 0 Å². The molecule has 0 amide bonds. The fraction of sp³-hybridized carbons (Fsp3) is 0.0714. The van der Waals surface area contributed by atoms with E-state index < -0.39 is 0 Å². The number of nitrogen functional groups attached to an aromatic ring is 1. The van der Waals surface area contributed by atoms with Crippen molar-refractivity contribution in [2.75, 3.05) is 5.73 Å². The topological polar surface area (TPSA) is 48.0 Å². The maximum absolute atomic E-state index is 12.2. The largest absolute Gasteiger partial charge is 0.398 e. The van der Waals surface area contributed by atoms with Gasteiger partial charge >= 0.3 is 0 Å². The molecular weight excluding hydrogens is 244 g/mol. The lowest BCUT2D eigenvalue weighted by molar-refractivity contribution is 0.770. The van der Waals surface area contributed by atoms with Crippen LogP contribution in [-0.4, -0.2) is 4.57 Å². The molecule has 3 aromatic rings. The Morgan fingerprint density at radius 2 is 2.00 bits per heavy atom. The van der Waals surface area contributed by atoms with Crippen molar-refractivity contribution in [3.63, 3.8) is 0 Å². The highest BCUT2D eigenvalue weighted by molar-refractivity contribution is 7.17. The molecule has 4 heteroatoms. The predicted octanol–water partition coefficient (Wildman–Crippen LogP) is 2.69. The zero-order valence-electron chi connectivity index (χ0n) is 9.67. The van der Waals surface area contributed by atoms with E-state index in [0.717, 1.165) is 21.3 Å². The number of thiophene rings is 1. The van der Waals surface area contributed by atoms with Gasteiger partial charge in [-0.05, 0) is 29.1 Å². The van der Waals surface area contributed by atoms with E-state index in [2.05, 4.69) is 0 Å². The van der Waals surface area contributed by atoms with Crippen molar-refractivity contribution >= 4 is 27.1 Å². The van der Waals surface area contributed by atoms with Gasteiger partial charge in [0.05, 0.1) is 11.9 Å². The standard InChI is InChI=1S/C14H12N2OS/c15-12-4-2-1-3-10(12)9-16-7-5-13-11(14(16)17)6-8-18-13/h1-8H,9,15H2. The normalized spacial score (nSPS) is 10.9.